The summed E-state index contributed by atoms with van der Waals surface area (Å²) >= 11 is 0. The summed E-state index contributed by atoms with van der Waals surface area (Å²) in [6.45, 7) is 1.53. The summed E-state index contributed by atoms with van der Waals surface area (Å²) in [6, 6.07) is 12.9. The van der Waals surface area contributed by atoms with Gasteiger partial charge in [-0.25, -0.2) is 23.1 Å². The van der Waals surface area contributed by atoms with Crippen LogP contribution in [0.25, 0.3) is 5.65 Å². The number of aromatic hydroxyl groups is 1. The highest BCUT2D eigenvalue weighted by Crippen LogP contribution is 2.35. The van der Waals surface area contributed by atoms with Crippen molar-refractivity contribution in [3.63, 3.8) is 0 Å². The first-order chi connectivity index (χ1) is 22.5. The van der Waals surface area contributed by atoms with Crippen molar-refractivity contribution in [2.75, 3.05) is 5.32 Å². The smallest absolute Gasteiger partial charge is 0.335 e. The molecule has 2 aromatic heterocycles. The quantitative estimate of drug-likeness (QED) is 0.167. The van der Waals surface area contributed by atoms with E-state index in [4.69, 9.17) is 0 Å². The van der Waals surface area contributed by atoms with Gasteiger partial charge in [-0.1, -0.05) is 18.2 Å². The number of halogens is 2. The van der Waals surface area contributed by atoms with Gasteiger partial charge in [0.15, 0.2) is 17.3 Å². The maximum atomic E-state index is 13.8. The number of phenols is 1. The first-order valence-electron chi connectivity index (χ1n) is 14.4. The van der Waals surface area contributed by atoms with E-state index in [1.54, 1.807) is 19.1 Å². The SMILES string of the molecule is Cc1c(C(=O)O)ccc2c1CC[C@@H]2NC(=O)c1cc(C(=O)NCc2ccc(F)c(F)c2)nc2c(C(=O)Nc3cccc(O)c3)cnn12. The normalized spacial score (nSPS) is 13.6. The molecule has 47 heavy (non-hydrogen) atoms. The van der Waals surface area contributed by atoms with Gasteiger partial charge in [0.25, 0.3) is 17.7 Å². The number of hydrogen-bond acceptors (Lipinski definition) is 7. The number of anilines is 1. The zero-order valence-electron chi connectivity index (χ0n) is 24.7. The van der Waals surface area contributed by atoms with E-state index in [-0.39, 0.29) is 51.7 Å². The number of rotatable bonds is 8. The van der Waals surface area contributed by atoms with Crippen LogP contribution in [0.15, 0.2) is 66.9 Å². The number of amides is 3. The molecule has 0 bridgehead atoms. The lowest BCUT2D eigenvalue weighted by Crippen LogP contribution is -2.31. The molecule has 3 amide bonds. The number of carbonyl (C=O) groups is 4. The van der Waals surface area contributed by atoms with Crippen LogP contribution in [0.2, 0.25) is 0 Å². The first-order valence-corrected chi connectivity index (χ1v) is 14.4. The van der Waals surface area contributed by atoms with E-state index in [1.807, 2.05) is 0 Å². The molecule has 0 saturated heterocycles. The average molecular weight is 641 g/mol. The van der Waals surface area contributed by atoms with E-state index in [1.165, 1.54) is 42.6 Å². The Morgan fingerprint density at radius 3 is 2.51 bits per heavy atom. The molecule has 1 aliphatic rings. The van der Waals surface area contributed by atoms with Crippen molar-refractivity contribution < 1.29 is 38.2 Å². The van der Waals surface area contributed by atoms with Crippen LogP contribution in [0.3, 0.4) is 0 Å². The van der Waals surface area contributed by atoms with Gasteiger partial charge in [-0.2, -0.15) is 5.10 Å². The Balaban J connectivity index is 1.34. The van der Waals surface area contributed by atoms with Crippen LogP contribution in [0.1, 0.15) is 76.4 Å². The summed E-state index contributed by atoms with van der Waals surface area (Å²) in [4.78, 5) is 56.2. The molecule has 0 unspecified atom stereocenters. The molecule has 5 aromatic rings. The van der Waals surface area contributed by atoms with Crippen LogP contribution in [0, 0.1) is 18.6 Å². The van der Waals surface area contributed by atoms with E-state index in [0.29, 0.717) is 18.4 Å². The Morgan fingerprint density at radius 1 is 0.957 bits per heavy atom. The van der Waals surface area contributed by atoms with Gasteiger partial charge in [-0.15, -0.1) is 0 Å². The van der Waals surface area contributed by atoms with Crippen LogP contribution in [-0.2, 0) is 13.0 Å². The minimum absolute atomic E-state index is 0.0809. The third kappa shape index (κ3) is 6.08. The van der Waals surface area contributed by atoms with Crippen LogP contribution in [-0.4, -0.2) is 48.5 Å². The highest BCUT2D eigenvalue weighted by Gasteiger charge is 2.29. The molecular weight excluding hydrogens is 614 g/mol. The zero-order chi connectivity index (χ0) is 33.4. The van der Waals surface area contributed by atoms with Crippen molar-refractivity contribution in [2.45, 2.75) is 32.4 Å². The largest absolute Gasteiger partial charge is 0.508 e. The lowest BCUT2D eigenvalue weighted by atomic mass is 9.98. The van der Waals surface area contributed by atoms with Crippen molar-refractivity contribution >= 4 is 35.0 Å². The third-order valence-corrected chi connectivity index (χ3v) is 7.95. The number of nitrogens with zero attached hydrogens (tertiary/aromatic N) is 3. The number of aromatic nitrogens is 3. The molecule has 1 atom stereocenters. The minimum Gasteiger partial charge on any atom is -0.508 e. The Kier molecular flexibility index (Phi) is 8.07. The van der Waals surface area contributed by atoms with Crippen molar-refractivity contribution in [3.05, 3.63) is 123 Å². The van der Waals surface area contributed by atoms with Crippen LogP contribution >= 0.6 is 0 Å². The molecule has 2 heterocycles. The lowest BCUT2D eigenvalue weighted by Gasteiger charge is -2.16. The molecule has 12 nitrogen and oxygen atoms in total. The van der Waals surface area contributed by atoms with E-state index in [9.17, 15) is 38.2 Å². The van der Waals surface area contributed by atoms with Crippen molar-refractivity contribution in [2.24, 2.45) is 0 Å². The number of fused-ring (bicyclic) bond motifs is 2. The standard InChI is InChI=1S/C33H26F2N6O6/c1-16-20-8-10-26(22(20)7-6-21(16)33(46)47)40-32(45)28-13-27(31(44)36-14-17-5-9-24(34)25(35)11-17)39-29-23(15-37-41(28)29)30(43)38-18-3-2-4-19(42)12-18/h2-7,9,11-13,15,26,42H,8,10,14H2,1H3,(H,36,44)(H,38,43)(H,40,45)(H,46,47)/t26-/m0/s1. The van der Waals surface area contributed by atoms with Crippen LogP contribution in [0.4, 0.5) is 14.5 Å². The summed E-state index contributed by atoms with van der Waals surface area (Å²) in [6.07, 6.45) is 2.22. The highest BCUT2D eigenvalue weighted by molar-refractivity contribution is 6.09. The van der Waals surface area contributed by atoms with Gasteiger partial charge in [-0.05, 0) is 72.4 Å². The molecule has 3 aromatic carbocycles. The molecule has 0 fully saturated rings. The van der Waals surface area contributed by atoms with Gasteiger partial charge >= 0.3 is 5.97 Å². The number of carbonyl (C=O) groups excluding carboxylic acids is 3. The number of aromatic carboxylic acids is 1. The maximum Gasteiger partial charge on any atom is 0.335 e. The molecule has 0 saturated carbocycles. The fourth-order valence-corrected chi connectivity index (χ4v) is 5.60. The Bertz CT molecular complexity index is 2110. The number of hydrogen-bond donors (Lipinski definition) is 5. The maximum absolute atomic E-state index is 13.8. The van der Waals surface area contributed by atoms with E-state index < -0.39 is 41.4 Å². The molecule has 0 spiro atoms. The third-order valence-electron chi connectivity index (χ3n) is 7.95. The molecule has 5 N–H and O–H groups in total. The van der Waals surface area contributed by atoms with Gasteiger partial charge in [-0.3, -0.25) is 14.4 Å². The number of benzene rings is 3. The lowest BCUT2D eigenvalue weighted by molar-refractivity contribution is 0.0695. The monoisotopic (exact) mass is 640 g/mol. The van der Waals surface area contributed by atoms with Gasteiger partial charge in [0, 0.05) is 24.4 Å². The van der Waals surface area contributed by atoms with E-state index in [2.05, 4.69) is 26.0 Å². The number of carboxylic acid groups (broad SMARTS) is 1. The predicted octanol–water partition coefficient (Wildman–Crippen LogP) is 4.32. The van der Waals surface area contributed by atoms with Crippen molar-refractivity contribution in [1.82, 2.24) is 25.2 Å². The number of nitrogens with one attached hydrogen (secondary N) is 3. The van der Waals surface area contributed by atoms with E-state index >= 15 is 0 Å². The Labute approximate surface area is 265 Å². The topological polar surface area (TPSA) is 175 Å². The molecule has 0 radical (unpaired) electrons. The van der Waals surface area contributed by atoms with Gasteiger partial charge in [0.2, 0.25) is 0 Å². The Morgan fingerprint density at radius 2 is 1.77 bits per heavy atom. The minimum atomic E-state index is -1.08. The predicted molar refractivity (Wildman–Crippen MR) is 163 cm³/mol. The zero-order valence-corrected chi connectivity index (χ0v) is 24.7. The van der Waals surface area contributed by atoms with Crippen LogP contribution in [0.5, 0.6) is 5.75 Å². The van der Waals surface area contributed by atoms with E-state index in [0.717, 1.165) is 27.8 Å². The fraction of sp³-hybridized carbons (Fsp3) is 0.152. The second kappa shape index (κ2) is 12.3. The highest BCUT2D eigenvalue weighted by atomic mass is 19.2. The first kappa shape index (κ1) is 30.8. The van der Waals surface area contributed by atoms with Crippen LogP contribution < -0.4 is 16.0 Å². The van der Waals surface area contributed by atoms with Crippen molar-refractivity contribution in [3.8, 4) is 5.75 Å². The molecule has 6 rings (SSSR count). The number of phenolic OH excluding ortho intramolecular Hbond substituents is 1. The number of carboxylic acids is 1. The summed E-state index contributed by atoms with van der Waals surface area (Å²) in [5.41, 5.74) is 2.35. The summed E-state index contributed by atoms with van der Waals surface area (Å²) < 4.78 is 28.2. The molecule has 0 aliphatic heterocycles. The van der Waals surface area contributed by atoms with Gasteiger partial charge in [0.05, 0.1) is 17.8 Å². The van der Waals surface area contributed by atoms with Gasteiger partial charge < -0.3 is 26.2 Å². The second-order valence-corrected chi connectivity index (χ2v) is 10.9. The Hall–Kier alpha value is -6.18. The van der Waals surface area contributed by atoms with Crippen molar-refractivity contribution in [1.29, 1.82) is 0 Å². The molecular formula is C33H26F2N6O6. The molecule has 238 valence electrons. The summed E-state index contributed by atoms with van der Waals surface area (Å²) in [7, 11) is 0. The van der Waals surface area contributed by atoms with Gasteiger partial charge in [0.1, 0.15) is 22.7 Å². The fourth-order valence-electron chi connectivity index (χ4n) is 5.60. The second-order valence-electron chi connectivity index (χ2n) is 10.9. The molecule has 1 aliphatic carbocycles. The summed E-state index contributed by atoms with van der Waals surface area (Å²) in [5, 5.41) is 31.6. The summed E-state index contributed by atoms with van der Waals surface area (Å²) in [5.74, 6) is -5.35. The average Bonchev–Trinajstić information content (AvgIpc) is 3.66. The molecule has 14 heteroatoms.